The number of rotatable bonds is 2. The molecule has 0 N–H and O–H groups in total. The normalized spacial score (nSPS) is 14.3. The van der Waals surface area contributed by atoms with Crippen molar-refractivity contribution in [3.8, 4) is 0 Å². The number of aromatic nitrogens is 4. The fourth-order valence-electron chi connectivity index (χ4n) is 2.54. The summed E-state index contributed by atoms with van der Waals surface area (Å²) in [5.41, 5.74) is 3.45. The lowest BCUT2D eigenvalue weighted by Gasteiger charge is -2.27. The van der Waals surface area contributed by atoms with Crippen LogP contribution in [0, 0.1) is 6.92 Å². The van der Waals surface area contributed by atoms with Gasteiger partial charge in [0.05, 0.1) is 18.6 Å². The minimum atomic E-state index is 0.784. The Hall–Kier alpha value is -2.11. The van der Waals surface area contributed by atoms with Gasteiger partial charge >= 0.3 is 0 Å². The van der Waals surface area contributed by atoms with Crippen LogP contribution in [-0.2, 0) is 20.0 Å². The molecule has 0 atom stereocenters. The Morgan fingerprint density at radius 3 is 2.80 bits per heavy atom. The van der Waals surface area contributed by atoms with E-state index in [1.807, 2.05) is 38.3 Å². The molecule has 0 aliphatic carbocycles. The number of hydrogen-bond donors (Lipinski definition) is 0. The van der Waals surface area contributed by atoms with Crippen molar-refractivity contribution in [3.05, 3.63) is 29.5 Å². The predicted octanol–water partition coefficient (Wildman–Crippen LogP) is 1.15. The largest absolute Gasteiger partial charge is 0.363 e. The van der Waals surface area contributed by atoms with Gasteiger partial charge in [0.25, 0.3) is 0 Å². The molecule has 20 heavy (non-hydrogen) atoms. The molecule has 3 rings (SSSR count). The lowest BCUT2D eigenvalue weighted by atomic mass is 10.1. The van der Waals surface area contributed by atoms with Crippen molar-refractivity contribution in [1.29, 1.82) is 0 Å². The third-order valence-corrected chi connectivity index (χ3v) is 3.67. The van der Waals surface area contributed by atoms with Crippen molar-refractivity contribution in [3.63, 3.8) is 0 Å². The molecule has 3 heterocycles. The second-order valence-electron chi connectivity index (χ2n) is 5.48. The summed E-state index contributed by atoms with van der Waals surface area (Å²) in [7, 11) is 6.05. The summed E-state index contributed by atoms with van der Waals surface area (Å²) < 4.78 is 2.11. The van der Waals surface area contributed by atoms with E-state index in [9.17, 15) is 0 Å². The number of nitrogens with zero attached hydrogens (tertiary/aromatic N) is 6. The molecular weight excluding hydrogens is 252 g/mol. The first-order chi connectivity index (χ1) is 9.54. The van der Waals surface area contributed by atoms with Gasteiger partial charge in [0, 0.05) is 51.6 Å². The predicted molar refractivity (Wildman–Crippen MR) is 79.1 cm³/mol. The maximum atomic E-state index is 4.64. The summed E-state index contributed by atoms with van der Waals surface area (Å²) in [6.45, 7) is 3.73. The lowest BCUT2D eigenvalue weighted by molar-refractivity contribution is 0.666. The Kier molecular flexibility index (Phi) is 3.08. The van der Waals surface area contributed by atoms with E-state index in [0.29, 0.717) is 0 Å². The summed E-state index contributed by atoms with van der Waals surface area (Å²) in [4.78, 5) is 17.9. The fourth-order valence-corrected chi connectivity index (χ4v) is 2.54. The van der Waals surface area contributed by atoms with Gasteiger partial charge in [-0.3, -0.25) is 0 Å². The molecule has 0 spiro atoms. The van der Waals surface area contributed by atoms with Crippen LogP contribution in [0.15, 0.2) is 12.4 Å². The van der Waals surface area contributed by atoms with E-state index >= 15 is 0 Å². The molecule has 1 aliphatic rings. The molecule has 1 aliphatic heterocycles. The average molecular weight is 272 g/mol. The van der Waals surface area contributed by atoms with Crippen LogP contribution < -0.4 is 9.80 Å². The van der Waals surface area contributed by atoms with E-state index in [1.54, 1.807) is 0 Å². The van der Waals surface area contributed by atoms with Crippen molar-refractivity contribution in [2.24, 2.45) is 7.05 Å². The second kappa shape index (κ2) is 4.77. The highest BCUT2D eigenvalue weighted by Gasteiger charge is 2.22. The number of aryl methyl sites for hydroxylation is 2. The van der Waals surface area contributed by atoms with Gasteiger partial charge in [-0.1, -0.05) is 0 Å². The summed E-state index contributed by atoms with van der Waals surface area (Å²) in [5, 5.41) is 0. The van der Waals surface area contributed by atoms with Crippen molar-refractivity contribution in [2.45, 2.75) is 19.9 Å². The van der Waals surface area contributed by atoms with E-state index in [4.69, 9.17) is 0 Å². The van der Waals surface area contributed by atoms with E-state index in [2.05, 4.69) is 31.5 Å². The smallest absolute Gasteiger partial charge is 0.227 e. The van der Waals surface area contributed by atoms with E-state index in [0.717, 1.165) is 42.7 Å². The monoisotopic (exact) mass is 272 g/mol. The third-order valence-electron chi connectivity index (χ3n) is 3.67. The number of imidazole rings is 1. The topological polar surface area (TPSA) is 50.1 Å². The van der Waals surface area contributed by atoms with Gasteiger partial charge in [0.1, 0.15) is 5.82 Å². The molecule has 2 aromatic heterocycles. The van der Waals surface area contributed by atoms with Gasteiger partial charge < -0.3 is 14.4 Å². The number of anilines is 2. The lowest BCUT2D eigenvalue weighted by Crippen LogP contribution is -2.33. The molecule has 0 amide bonds. The maximum Gasteiger partial charge on any atom is 0.227 e. The zero-order valence-corrected chi connectivity index (χ0v) is 12.5. The molecule has 0 saturated heterocycles. The average Bonchev–Trinajstić information content (AvgIpc) is 2.79. The van der Waals surface area contributed by atoms with E-state index in [-0.39, 0.29) is 0 Å². The molecule has 0 aromatic carbocycles. The zero-order chi connectivity index (χ0) is 14.3. The first kappa shape index (κ1) is 12.9. The van der Waals surface area contributed by atoms with Crippen LogP contribution in [0.4, 0.5) is 11.8 Å². The molecule has 2 aromatic rings. The molecule has 106 valence electrons. The van der Waals surface area contributed by atoms with Crippen LogP contribution in [0.5, 0.6) is 0 Å². The zero-order valence-electron chi connectivity index (χ0n) is 12.5. The molecule has 0 bridgehead atoms. The summed E-state index contributed by atoms with van der Waals surface area (Å²) in [5.74, 6) is 1.74. The summed E-state index contributed by atoms with van der Waals surface area (Å²) in [6, 6.07) is 2.00. The highest BCUT2D eigenvalue weighted by molar-refractivity contribution is 5.45. The van der Waals surface area contributed by atoms with Crippen LogP contribution in [0.3, 0.4) is 0 Å². The summed E-state index contributed by atoms with van der Waals surface area (Å²) >= 11 is 0. The Labute approximate surface area is 119 Å². The highest BCUT2D eigenvalue weighted by Crippen LogP contribution is 2.22. The first-order valence-corrected chi connectivity index (χ1v) is 6.81. The molecule has 0 fully saturated rings. The Balaban J connectivity index is 1.91. The van der Waals surface area contributed by atoms with Crippen molar-refractivity contribution >= 4 is 11.8 Å². The molecule has 6 heteroatoms. The van der Waals surface area contributed by atoms with Crippen LogP contribution in [0.25, 0.3) is 0 Å². The maximum absolute atomic E-state index is 4.64. The van der Waals surface area contributed by atoms with Gasteiger partial charge in [0.2, 0.25) is 5.95 Å². The SMILES string of the molecule is Cc1cc(N(C)C)nc(N2CCc3c(ncn3C)C2)n1. The minimum absolute atomic E-state index is 0.784. The van der Waals surface area contributed by atoms with Crippen LogP contribution in [0.2, 0.25) is 0 Å². The third kappa shape index (κ3) is 2.21. The Morgan fingerprint density at radius 2 is 2.05 bits per heavy atom. The van der Waals surface area contributed by atoms with Gasteiger partial charge in [-0.15, -0.1) is 0 Å². The summed E-state index contributed by atoms with van der Waals surface area (Å²) in [6.07, 6.45) is 2.87. The molecular formula is C14H20N6. The highest BCUT2D eigenvalue weighted by atomic mass is 15.3. The Morgan fingerprint density at radius 1 is 1.25 bits per heavy atom. The second-order valence-corrected chi connectivity index (χ2v) is 5.48. The van der Waals surface area contributed by atoms with Gasteiger partial charge in [-0.25, -0.2) is 9.97 Å². The van der Waals surface area contributed by atoms with E-state index < -0.39 is 0 Å². The minimum Gasteiger partial charge on any atom is -0.363 e. The fraction of sp³-hybridized carbons (Fsp3) is 0.500. The molecule has 0 saturated carbocycles. The van der Waals surface area contributed by atoms with Crippen molar-refractivity contribution in [2.75, 3.05) is 30.4 Å². The van der Waals surface area contributed by atoms with Crippen LogP contribution in [-0.4, -0.2) is 40.2 Å². The van der Waals surface area contributed by atoms with Gasteiger partial charge in [-0.05, 0) is 6.92 Å². The van der Waals surface area contributed by atoms with Gasteiger partial charge in [-0.2, -0.15) is 4.98 Å². The van der Waals surface area contributed by atoms with Gasteiger partial charge in [0.15, 0.2) is 0 Å². The standard InChI is InChI=1S/C14H20N6/c1-10-7-13(18(2)3)17-14(16-10)20-6-5-12-11(8-20)15-9-19(12)4/h7,9H,5-6,8H2,1-4H3. The first-order valence-electron chi connectivity index (χ1n) is 6.81. The molecule has 0 radical (unpaired) electrons. The van der Waals surface area contributed by atoms with Crippen molar-refractivity contribution in [1.82, 2.24) is 19.5 Å². The number of hydrogen-bond acceptors (Lipinski definition) is 5. The Bertz CT molecular complexity index is 631. The molecule has 6 nitrogen and oxygen atoms in total. The number of fused-ring (bicyclic) bond motifs is 1. The molecule has 0 unspecified atom stereocenters. The van der Waals surface area contributed by atoms with Crippen LogP contribution in [0.1, 0.15) is 17.1 Å². The van der Waals surface area contributed by atoms with E-state index in [1.165, 1.54) is 5.69 Å². The van der Waals surface area contributed by atoms with Crippen molar-refractivity contribution < 1.29 is 0 Å². The van der Waals surface area contributed by atoms with Crippen LogP contribution >= 0.6 is 0 Å². The quantitative estimate of drug-likeness (QED) is 0.821.